The zero-order valence-electron chi connectivity index (χ0n) is 16.2. The Kier molecular flexibility index (Phi) is 6.24. The maximum absolute atomic E-state index is 13.4. The van der Waals surface area contributed by atoms with E-state index in [4.69, 9.17) is 11.6 Å². The molecule has 29 heavy (non-hydrogen) atoms. The van der Waals surface area contributed by atoms with E-state index in [0.29, 0.717) is 16.3 Å². The van der Waals surface area contributed by atoms with Gasteiger partial charge in [-0.05, 0) is 62.6 Å². The molecule has 0 aliphatic rings. The lowest BCUT2D eigenvalue weighted by molar-refractivity contribution is -0.123. The van der Waals surface area contributed by atoms with Crippen molar-refractivity contribution in [3.8, 4) is 0 Å². The molecular weight excluding hydrogens is 410 g/mol. The molecule has 0 saturated carbocycles. The van der Waals surface area contributed by atoms with Gasteiger partial charge in [-0.1, -0.05) is 22.2 Å². The number of rotatable bonds is 5. The van der Waals surface area contributed by atoms with Crippen LogP contribution in [0.3, 0.4) is 0 Å². The Balaban J connectivity index is 2.15. The second-order valence-corrected chi connectivity index (χ2v) is 8.42. The van der Waals surface area contributed by atoms with Crippen molar-refractivity contribution in [2.75, 3.05) is 4.90 Å². The standard InChI is InChI=1S/C20H20ClN5O2S/c1-20(2,3)23-18(27)17(13-5-4-10-22-11-13)26(15-8-6-14(21)7-9-15)19(28)16-12-29-25-24-16/h4-12,17H,1-3H3,(H,23,27)/t17-/m1/s1. The zero-order chi connectivity index (χ0) is 21.0. The molecule has 0 aliphatic carbocycles. The van der Waals surface area contributed by atoms with Crippen LogP contribution in [-0.2, 0) is 4.79 Å². The minimum atomic E-state index is -0.960. The molecule has 3 rings (SSSR count). The average Bonchev–Trinajstić information content (AvgIpc) is 3.20. The van der Waals surface area contributed by atoms with E-state index in [1.54, 1.807) is 54.2 Å². The molecule has 0 saturated heterocycles. The summed E-state index contributed by atoms with van der Waals surface area (Å²) in [4.78, 5) is 32.2. The zero-order valence-corrected chi connectivity index (χ0v) is 17.7. The van der Waals surface area contributed by atoms with Crippen molar-refractivity contribution in [1.29, 1.82) is 0 Å². The van der Waals surface area contributed by atoms with Gasteiger partial charge in [0.2, 0.25) is 5.91 Å². The molecule has 0 fully saturated rings. The first-order chi connectivity index (χ1) is 13.8. The third kappa shape index (κ3) is 5.16. The summed E-state index contributed by atoms with van der Waals surface area (Å²) in [5.41, 5.74) is 0.738. The molecule has 1 N–H and O–H groups in total. The van der Waals surface area contributed by atoms with E-state index < -0.39 is 17.5 Å². The van der Waals surface area contributed by atoms with Crippen molar-refractivity contribution in [2.24, 2.45) is 0 Å². The lowest BCUT2D eigenvalue weighted by Gasteiger charge is -2.33. The lowest BCUT2D eigenvalue weighted by atomic mass is 10.0. The van der Waals surface area contributed by atoms with E-state index in [1.807, 2.05) is 20.8 Å². The van der Waals surface area contributed by atoms with Gasteiger partial charge < -0.3 is 5.32 Å². The van der Waals surface area contributed by atoms with Crippen LogP contribution in [-0.4, -0.2) is 31.9 Å². The quantitative estimate of drug-likeness (QED) is 0.664. The molecule has 9 heteroatoms. The molecule has 2 heterocycles. The van der Waals surface area contributed by atoms with Crippen molar-refractivity contribution in [3.63, 3.8) is 0 Å². The predicted octanol–water partition coefficient (Wildman–Crippen LogP) is 3.89. The van der Waals surface area contributed by atoms with E-state index in [2.05, 4.69) is 19.9 Å². The third-order valence-electron chi connectivity index (χ3n) is 3.91. The summed E-state index contributed by atoms with van der Waals surface area (Å²) < 4.78 is 3.78. The van der Waals surface area contributed by atoms with Crippen molar-refractivity contribution in [3.05, 3.63) is 70.5 Å². The highest BCUT2D eigenvalue weighted by Gasteiger charge is 2.35. The number of benzene rings is 1. The Morgan fingerprint density at radius 2 is 1.90 bits per heavy atom. The molecule has 150 valence electrons. The van der Waals surface area contributed by atoms with Gasteiger partial charge in [0.15, 0.2) is 5.69 Å². The fourth-order valence-corrected chi connectivity index (χ4v) is 3.32. The lowest BCUT2D eigenvalue weighted by Crippen LogP contribution is -2.49. The SMILES string of the molecule is CC(C)(C)NC(=O)[C@@H](c1cccnc1)N(C(=O)c1csnn1)c1ccc(Cl)cc1. The molecule has 1 aromatic carbocycles. The summed E-state index contributed by atoms with van der Waals surface area (Å²) in [6, 6.07) is 9.23. The van der Waals surface area contributed by atoms with Crippen LogP contribution in [0.4, 0.5) is 5.69 Å². The minimum absolute atomic E-state index is 0.155. The summed E-state index contributed by atoms with van der Waals surface area (Å²) in [6.07, 6.45) is 3.18. The van der Waals surface area contributed by atoms with Gasteiger partial charge >= 0.3 is 0 Å². The van der Waals surface area contributed by atoms with Gasteiger partial charge in [-0.15, -0.1) is 5.10 Å². The first-order valence-electron chi connectivity index (χ1n) is 8.84. The normalized spacial score (nSPS) is 12.3. The molecule has 0 unspecified atom stereocenters. The number of hydrogen-bond acceptors (Lipinski definition) is 6. The summed E-state index contributed by atoms with van der Waals surface area (Å²) in [5, 5.41) is 8.92. The summed E-state index contributed by atoms with van der Waals surface area (Å²) in [6.45, 7) is 5.64. The van der Waals surface area contributed by atoms with Crippen LogP contribution in [0.2, 0.25) is 5.02 Å². The number of nitrogens with zero attached hydrogens (tertiary/aromatic N) is 4. The monoisotopic (exact) mass is 429 g/mol. The van der Waals surface area contributed by atoms with Crippen LogP contribution in [0.15, 0.2) is 54.2 Å². The molecule has 3 aromatic rings. The molecule has 7 nitrogen and oxygen atoms in total. The summed E-state index contributed by atoms with van der Waals surface area (Å²) in [5.74, 6) is -0.782. The Bertz CT molecular complexity index is 972. The second-order valence-electron chi connectivity index (χ2n) is 7.37. The van der Waals surface area contributed by atoms with Gasteiger partial charge in [0.1, 0.15) is 6.04 Å². The summed E-state index contributed by atoms with van der Waals surface area (Å²) >= 11 is 7.09. The van der Waals surface area contributed by atoms with Crippen LogP contribution in [0.5, 0.6) is 0 Å². The Labute approximate surface area is 177 Å². The Morgan fingerprint density at radius 1 is 1.17 bits per heavy atom. The van der Waals surface area contributed by atoms with Crippen LogP contribution < -0.4 is 10.2 Å². The van der Waals surface area contributed by atoms with Crippen molar-refractivity contribution >= 4 is 40.6 Å². The second kappa shape index (κ2) is 8.67. The van der Waals surface area contributed by atoms with Crippen molar-refractivity contribution in [1.82, 2.24) is 19.9 Å². The molecule has 0 bridgehead atoms. The first-order valence-corrected chi connectivity index (χ1v) is 10.1. The number of carbonyl (C=O) groups is 2. The Morgan fingerprint density at radius 3 is 2.45 bits per heavy atom. The molecule has 0 spiro atoms. The number of carbonyl (C=O) groups excluding carboxylic acids is 2. The Hall–Kier alpha value is -2.84. The maximum Gasteiger partial charge on any atom is 0.280 e. The molecule has 1 atom stereocenters. The van der Waals surface area contributed by atoms with Gasteiger partial charge in [0.05, 0.1) is 0 Å². The first kappa shape index (κ1) is 20.9. The fraction of sp³-hybridized carbons (Fsp3) is 0.250. The smallest absolute Gasteiger partial charge is 0.280 e. The number of halogens is 1. The van der Waals surface area contributed by atoms with Crippen LogP contribution in [0, 0.1) is 0 Å². The van der Waals surface area contributed by atoms with Crippen LogP contribution in [0.25, 0.3) is 0 Å². The number of pyridine rings is 1. The van der Waals surface area contributed by atoms with Gasteiger partial charge in [0, 0.05) is 39.6 Å². The molecule has 0 aliphatic heterocycles. The molecule has 0 radical (unpaired) electrons. The van der Waals surface area contributed by atoms with E-state index in [-0.39, 0.29) is 11.6 Å². The van der Waals surface area contributed by atoms with Crippen molar-refractivity contribution < 1.29 is 9.59 Å². The number of nitrogens with one attached hydrogen (secondary N) is 1. The van der Waals surface area contributed by atoms with E-state index in [9.17, 15) is 9.59 Å². The van der Waals surface area contributed by atoms with E-state index >= 15 is 0 Å². The highest BCUT2D eigenvalue weighted by atomic mass is 35.5. The molecule has 2 aromatic heterocycles. The summed E-state index contributed by atoms with van der Waals surface area (Å²) in [7, 11) is 0. The molecular formula is C20H20ClN5O2S. The average molecular weight is 430 g/mol. The number of aromatic nitrogens is 3. The maximum atomic E-state index is 13.4. The van der Waals surface area contributed by atoms with Crippen LogP contribution >= 0.6 is 23.1 Å². The van der Waals surface area contributed by atoms with Crippen LogP contribution in [0.1, 0.15) is 42.9 Å². The largest absolute Gasteiger partial charge is 0.349 e. The van der Waals surface area contributed by atoms with Gasteiger partial charge in [-0.25, -0.2) is 0 Å². The predicted molar refractivity (Wildman–Crippen MR) is 113 cm³/mol. The topological polar surface area (TPSA) is 88.1 Å². The molecule has 2 amide bonds. The number of anilines is 1. The van der Waals surface area contributed by atoms with Crippen molar-refractivity contribution in [2.45, 2.75) is 32.4 Å². The van der Waals surface area contributed by atoms with Gasteiger partial charge in [0.25, 0.3) is 5.91 Å². The van der Waals surface area contributed by atoms with Gasteiger partial charge in [-0.2, -0.15) is 0 Å². The highest BCUT2D eigenvalue weighted by Crippen LogP contribution is 2.30. The third-order valence-corrected chi connectivity index (χ3v) is 4.66. The van der Waals surface area contributed by atoms with Gasteiger partial charge in [-0.3, -0.25) is 19.5 Å². The number of hydrogen-bond donors (Lipinski definition) is 1. The van der Waals surface area contributed by atoms with E-state index in [1.165, 1.54) is 4.90 Å². The fourth-order valence-electron chi connectivity index (χ4n) is 2.76. The minimum Gasteiger partial charge on any atom is -0.349 e. The number of amides is 2. The highest BCUT2D eigenvalue weighted by molar-refractivity contribution is 7.03. The van der Waals surface area contributed by atoms with E-state index in [0.717, 1.165) is 11.5 Å².